The zero-order valence-corrected chi connectivity index (χ0v) is 12.8. The average Bonchev–Trinajstić information content (AvgIpc) is 2.38. The minimum Gasteiger partial charge on any atom is -0.497 e. The van der Waals surface area contributed by atoms with E-state index in [-0.39, 0.29) is 9.92 Å². The highest BCUT2D eigenvalue weighted by Crippen LogP contribution is 2.27. The molecule has 0 saturated carbocycles. The molecule has 0 aliphatic rings. The van der Waals surface area contributed by atoms with Crippen molar-refractivity contribution in [3.05, 3.63) is 52.5 Å². The molecular weight excluding hydrogens is 321 g/mol. The topological polar surface area (TPSA) is 55.4 Å². The smallest absolute Gasteiger partial charge is 0.263 e. The van der Waals surface area contributed by atoms with Gasteiger partial charge in [-0.1, -0.05) is 23.2 Å². The molecule has 0 aromatic heterocycles. The van der Waals surface area contributed by atoms with Crippen molar-refractivity contribution in [2.45, 2.75) is 4.90 Å². The first-order valence-corrected chi connectivity index (χ1v) is 7.78. The first-order valence-electron chi connectivity index (χ1n) is 5.54. The Bertz CT molecular complexity index is 715. The normalized spacial score (nSPS) is 11.2. The maximum atomic E-state index is 12.2. The van der Waals surface area contributed by atoms with Gasteiger partial charge in [-0.25, -0.2) is 8.42 Å². The van der Waals surface area contributed by atoms with Crippen LogP contribution in [0, 0.1) is 0 Å². The zero-order chi connectivity index (χ0) is 14.8. The maximum Gasteiger partial charge on any atom is 0.263 e. The van der Waals surface area contributed by atoms with Gasteiger partial charge >= 0.3 is 0 Å². The molecule has 2 rings (SSSR count). The van der Waals surface area contributed by atoms with Gasteiger partial charge in [0, 0.05) is 10.7 Å². The lowest BCUT2D eigenvalue weighted by Gasteiger charge is -2.10. The van der Waals surface area contributed by atoms with Gasteiger partial charge < -0.3 is 4.74 Å². The van der Waals surface area contributed by atoms with E-state index in [1.807, 2.05) is 0 Å². The molecule has 0 radical (unpaired) electrons. The third kappa shape index (κ3) is 3.36. The Kier molecular flexibility index (Phi) is 4.42. The Balaban J connectivity index is 2.30. The Morgan fingerprint density at radius 2 is 1.70 bits per heavy atom. The van der Waals surface area contributed by atoms with Crippen molar-refractivity contribution in [1.82, 2.24) is 0 Å². The molecule has 0 atom stereocenters. The monoisotopic (exact) mass is 331 g/mol. The van der Waals surface area contributed by atoms with Gasteiger partial charge in [0.25, 0.3) is 10.0 Å². The van der Waals surface area contributed by atoms with E-state index < -0.39 is 10.0 Å². The summed E-state index contributed by atoms with van der Waals surface area (Å²) in [7, 11) is -2.23. The summed E-state index contributed by atoms with van der Waals surface area (Å²) in [5.74, 6) is 0.637. The molecule has 0 spiro atoms. The fourth-order valence-electron chi connectivity index (χ4n) is 1.56. The number of anilines is 1. The number of rotatable bonds is 4. The minimum atomic E-state index is -3.76. The highest BCUT2D eigenvalue weighted by molar-refractivity contribution is 7.92. The molecule has 7 heteroatoms. The molecule has 0 saturated heterocycles. The predicted molar refractivity (Wildman–Crippen MR) is 80.3 cm³/mol. The second-order valence-corrected chi connectivity index (χ2v) is 6.40. The molecule has 0 amide bonds. The second kappa shape index (κ2) is 5.91. The Morgan fingerprint density at radius 3 is 2.25 bits per heavy atom. The first-order chi connectivity index (χ1) is 9.42. The van der Waals surface area contributed by atoms with Crippen LogP contribution in [0.3, 0.4) is 0 Å². The highest BCUT2D eigenvalue weighted by Gasteiger charge is 2.18. The number of hydrogen-bond donors (Lipinski definition) is 1. The second-order valence-electron chi connectivity index (χ2n) is 3.91. The van der Waals surface area contributed by atoms with Crippen LogP contribution in [-0.2, 0) is 10.0 Å². The average molecular weight is 332 g/mol. The van der Waals surface area contributed by atoms with Crippen molar-refractivity contribution >= 4 is 38.9 Å². The SMILES string of the molecule is COc1ccc(NS(=O)(=O)c2ccc(Cl)cc2Cl)cc1. The van der Waals surface area contributed by atoms with Crippen LogP contribution in [0.15, 0.2) is 47.4 Å². The van der Waals surface area contributed by atoms with Gasteiger partial charge in [-0.05, 0) is 42.5 Å². The standard InChI is InChI=1S/C13H11Cl2NO3S/c1-19-11-5-3-10(4-6-11)16-20(17,18)13-7-2-9(14)8-12(13)15/h2-8,16H,1H3. The summed E-state index contributed by atoms with van der Waals surface area (Å²) in [5.41, 5.74) is 0.414. The van der Waals surface area contributed by atoms with Gasteiger partial charge in [-0.2, -0.15) is 0 Å². The first kappa shape index (κ1) is 15.0. The lowest BCUT2D eigenvalue weighted by molar-refractivity contribution is 0.415. The number of halogens is 2. The Labute approximate surface area is 127 Å². The fourth-order valence-corrected chi connectivity index (χ4v) is 3.39. The Morgan fingerprint density at radius 1 is 1.05 bits per heavy atom. The summed E-state index contributed by atoms with van der Waals surface area (Å²) in [4.78, 5) is -0.0283. The van der Waals surface area contributed by atoms with Crippen LogP contribution < -0.4 is 9.46 Å². The summed E-state index contributed by atoms with van der Waals surface area (Å²) >= 11 is 11.7. The summed E-state index contributed by atoms with van der Waals surface area (Å²) in [6, 6.07) is 10.7. The third-order valence-corrected chi connectivity index (χ3v) is 4.62. The molecule has 0 aliphatic carbocycles. The molecule has 0 unspecified atom stereocenters. The quantitative estimate of drug-likeness (QED) is 0.926. The van der Waals surface area contributed by atoms with Crippen molar-refractivity contribution in [2.75, 3.05) is 11.8 Å². The molecule has 2 aromatic carbocycles. The number of methoxy groups -OCH3 is 1. The van der Waals surface area contributed by atoms with Crippen LogP contribution in [0.5, 0.6) is 5.75 Å². The molecule has 0 bridgehead atoms. The molecular formula is C13H11Cl2NO3S. The lowest BCUT2D eigenvalue weighted by atomic mass is 10.3. The van der Waals surface area contributed by atoms with Crippen molar-refractivity contribution in [3.63, 3.8) is 0 Å². The van der Waals surface area contributed by atoms with E-state index in [1.165, 1.54) is 25.3 Å². The number of benzene rings is 2. The number of hydrogen-bond acceptors (Lipinski definition) is 3. The molecule has 4 nitrogen and oxygen atoms in total. The van der Waals surface area contributed by atoms with Crippen LogP contribution in [0.25, 0.3) is 0 Å². The van der Waals surface area contributed by atoms with Crippen LogP contribution in [0.1, 0.15) is 0 Å². The largest absolute Gasteiger partial charge is 0.497 e. The molecule has 20 heavy (non-hydrogen) atoms. The van der Waals surface area contributed by atoms with E-state index in [0.29, 0.717) is 16.5 Å². The number of sulfonamides is 1. The van der Waals surface area contributed by atoms with Crippen molar-refractivity contribution in [3.8, 4) is 5.75 Å². The fraction of sp³-hybridized carbons (Fsp3) is 0.0769. The van der Waals surface area contributed by atoms with Gasteiger partial charge in [-0.15, -0.1) is 0 Å². The van der Waals surface area contributed by atoms with Crippen LogP contribution in [-0.4, -0.2) is 15.5 Å². The molecule has 1 N–H and O–H groups in total. The van der Waals surface area contributed by atoms with E-state index in [2.05, 4.69) is 4.72 Å². The molecule has 2 aromatic rings. The van der Waals surface area contributed by atoms with Crippen molar-refractivity contribution in [2.24, 2.45) is 0 Å². The Hall–Kier alpha value is -1.43. The molecule has 0 aliphatic heterocycles. The summed E-state index contributed by atoms with van der Waals surface area (Å²) in [5, 5.41) is 0.442. The third-order valence-electron chi connectivity index (χ3n) is 2.53. The van der Waals surface area contributed by atoms with Crippen molar-refractivity contribution < 1.29 is 13.2 Å². The van der Waals surface area contributed by atoms with E-state index in [9.17, 15) is 8.42 Å². The van der Waals surface area contributed by atoms with Gasteiger partial charge in [0.1, 0.15) is 10.6 Å². The van der Waals surface area contributed by atoms with E-state index in [1.54, 1.807) is 24.3 Å². The predicted octanol–water partition coefficient (Wildman–Crippen LogP) is 3.80. The molecule has 0 heterocycles. The summed E-state index contributed by atoms with van der Waals surface area (Å²) < 4.78 is 31.9. The molecule has 0 fully saturated rings. The van der Waals surface area contributed by atoms with Crippen LogP contribution in [0.4, 0.5) is 5.69 Å². The van der Waals surface area contributed by atoms with Crippen LogP contribution >= 0.6 is 23.2 Å². The maximum absolute atomic E-state index is 12.2. The zero-order valence-electron chi connectivity index (χ0n) is 10.4. The minimum absolute atomic E-state index is 0.0283. The van der Waals surface area contributed by atoms with Gasteiger partial charge in [-0.3, -0.25) is 4.72 Å². The summed E-state index contributed by atoms with van der Waals surface area (Å²) in [6.45, 7) is 0. The van der Waals surface area contributed by atoms with Gasteiger partial charge in [0.05, 0.1) is 12.1 Å². The highest BCUT2D eigenvalue weighted by atomic mass is 35.5. The molecule has 106 valence electrons. The number of nitrogens with one attached hydrogen (secondary N) is 1. The van der Waals surface area contributed by atoms with E-state index in [0.717, 1.165) is 0 Å². The van der Waals surface area contributed by atoms with Crippen molar-refractivity contribution in [1.29, 1.82) is 0 Å². The lowest BCUT2D eigenvalue weighted by Crippen LogP contribution is -2.13. The van der Waals surface area contributed by atoms with Crippen LogP contribution in [0.2, 0.25) is 10.0 Å². The van der Waals surface area contributed by atoms with E-state index >= 15 is 0 Å². The number of ether oxygens (including phenoxy) is 1. The summed E-state index contributed by atoms with van der Waals surface area (Å²) in [6.07, 6.45) is 0. The van der Waals surface area contributed by atoms with Gasteiger partial charge in [0.2, 0.25) is 0 Å². The van der Waals surface area contributed by atoms with Gasteiger partial charge in [0.15, 0.2) is 0 Å². The van der Waals surface area contributed by atoms with E-state index in [4.69, 9.17) is 27.9 Å².